The maximum Gasteiger partial charge on any atom is 0.258 e. The zero-order valence-electron chi connectivity index (χ0n) is 21.0. The minimum absolute atomic E-state index is 0.0616. The van der Waals surface area contributed by atoms with E-state index in [1.165, 1.54) is 36.6 Å². The molecule has 1 saturated carbocycles. The Hall–Kier alpha value is -3.73. The Morgan fingerprint density at radius 2 is 1.84 bits per heavy atom. The highest BCUT2D eigenvalue weighted by Gasteiger charge is 2.30. The van der Waals surface area contributed by atoms with Crippen LogP contribution >= 0.6 is 0 Å². The maximum atomic E-state index is 15.6. The summed E-state index contributed by atoms with van der Waals surface area (Å²) in [6, 6.07) is 2.31. The molecule has 1 aliphatic carbocycles. The zero-order valence-corrected chi connectivity index (χ0v) is 21.0. The Morgan fingerprint density at radius 1 is 1.11 bits per heavy atom. The second-order valence-corrected chi connectivity index (χ2v) is 9.98. The number of methoxy groups -OCH3 is 1. The highest BCUT2D eigenvalue weighted by Crippen LogP contribution is 2.36. The molecule has 4 heterocycles. The number of rotatable bonds is 6. The highest BCUT2D eigenvalue weighted by atomic mass is 19.1. The predicted molar refractivity (Wildman–Crippen MR) is 136 cm³/mol. The molecule has 1 aromatic carbocycles. The molecule has 0 radical (unpaired) electrons. The Balaban J connectivity index is 1.33. The number of imidazole rings is 1. The van der Waals surface area contributed by atoms with Gasteiger partial charge >= 0.3 is 0 Å². The number of fused-ring (bicyclic) bond motifs is 2. The van der Waals surface area contributed by atoms with Crippen molar-refractivity contribution in [1.29, 1.82) is 0 Å². The first-order chi connectivity index (χ1) is 17.8. The minimum atomic E-state index is -0.697. The molecular weight excluding hydrogens is 480 g/mol. The van der Waals surface area contributed by atoms with Crippen LogP contribution in [0.5, 0.6) is 5.75 Å². The van der Waals surface area contributed by atoms with Crippen LogP contribution in [0.25, 0.3) is 16.6 Å². The number of benzene rings is 1. The van der Waals surface area contributed by atoms with Gasteiger partial charge in [-0.3, -0.25) is 9.48 Å². The molecule has 0 unspecified atom stereocenters. The van der Waals surface area contributed by atoms with Gasteiger partial charge in [-0.1, -0.05) is 0 Å². The predicted octanol–water partition coefficient (Wildman–Crippen LogP) is 3.79. The van der Waals surface area contributed by atoms with Gasteiger partial charge in [-0.05, 0) is 38.7 Å². The van der Waals surface area contributed by atoms with Gasteiger partial charge in [0.05, 0.1) is 24.1 Å². The van der Waals surface area contributed by atoms with Crippen LogP contribution in [-0.4, -0.2) is 57.4 Å². The van der Waals surface area contributed by atoms with Crippen LogP contribution in [0.4, 0.5) is 20.2 Å². The Morgan fingerprint density at radius 3 is 2.54 bits per heavy atom. The van der Waals surface area contributed by atoms with E-state index < -0.39 is 17.5 Å². The van der Waals surface area contributed by atoms with Gasteiger partial charge < -0.3 is 24.7 Å². The second kappa shape index (κ2) is 8.98. The van der Waals surface area contributed by atoms with Crippen molar-refractivity contribution in [2.24, 2.45) is 7.05 Å². The molecule has 9 nitrogen and oxygen atoms in total. The third kappa shape index (κ3) is 4.26. The molecule has 2 fully saturated rings. The third-order valence-corrected chi connectivity index (χ3v) is 7.15. The summed E-state index contributed by atoms with van der Waals surface area (Å²) in [6.45, 7) is 3.18. The Kier molecular flexibility index (Phi) is 5.74. The Labute approximate surface area is 212 Å². The van der Waals surface area contributed by atoms with E-state index in [0.29, 0.717) is 34.4 Å². The summed E-state index contributed by atoms with van der Waals surface area (Å²) >= 11 is 0. The average molecular weight is 510 g/mol. The van der Waals surface area contributed by atoms with Gasteiger partial charge in [0, 0.05) is 56.2 Å². The topological polar surface area (TPSA) is 88.7 Å². The number of aromatic nitrogens is 4. The number of carbonyl (C=O) groups excluding carboxylic acids is 1. The van der Waals surface area contributed by atoms with Gasteiger partial charge in [0.2, 0.25) is 5.82 Å². The molecule has 4 aromatic rings. The van der Waals surface area contributed by atoms with Crippen molar-refractivity contribution in [2.45, 2.75) is 44.7 Å². The van der Waals surface area contributed by atoms with Gasteiger partial charge in [0.1, 0.15) is 17.0 Å². The molecule has 1 amide bonds. The molecule has 2 aliphatic rings. The average Bonchev–Trinajstić information content (AvgIpc) is 3.47. The van der Waals surface area contributed by atoms with Crippen molar-refractivity contribution in [2.75, 3.05) is 30.4 Å². The van der Waals surface area contributed by atoms with Gasteiger partial charge in [-0.2, -0.15) is 9.49 Å². The fourth-order valence-electron chi connectivity index (χ4n) is 5.27. The lowest BCUT2D eigenvalue weighted by Crippen LogP contribution is -2.43. The maximum absolute atomic E-state index is 15.6. The van der Waals surface area contributed by atoms with Crippen LogP contribution in [0.3, 0.4) is 0 Å². The number of amides is 1. The smallest absolute Gasteiger partial charge is 0.258 e. The van der Waals surface area contributed by atoms with Gasteiger partial charge in [0.15, 0.2) is 11.4 Å². The molecule has 3 aromatic heterocycles. The molecular formula is C26H29F2N7O2. The number of piperidine rings is 1. The summed E-state index contributed by atoms with van der Waals surface area (Å²) in [4.78, 5) is 19.6. The Bertz CT molecular complexity index is 1520. The third-order valence-electron chi connectivity index (χ3n) is 7.15. The summed E-state index contributed by atoms with van der Waals surface area (Å²) in [5.41, 5.74) is 1.72. The highest BCUT2D eigenvalue weighted by molar-refractivity contribution is 6.14. The summed E-state index contributed by atoms with van der Waals surface area (Å²) in [6.07, 6.45) is 9.24. The fourth-order valence-corrected chi connectivity index (χ4v) is 5.27. The normalized spacial score (nSPS) is 16.6. The SMILES string of the molecule is COc1c(NC(=O)c2cc(F)c(N3CCC(NC4CC4)CC3)c3cn(C)nc23)cn2cc(C)nc2c1F. The van der Waals surface area contributed by atoms with Crippen molar-refractivity contribution in [3.63, 3.8) is 0 Å². The molecule has 0 spiro atoms. The van der Waals surface area contributed by atoms with Gasteiger partial charge in [-0.25, -0.2) is 9.37 Å². The van der Waals surface area contributed by atoms with Crippen LogP contribution in [0.1, 0.15) is 41.7 Å². The first kappa shape index (κ1) is 23.7. The number of hydrogen-bond donors (Lipinski definition) is 2. The lowest BCUT2D eigenvalue weighted by atomic mass is 10.0. The summed E-state index contributed by atoms with van der Waals surface area (Å²) in [7, 11) is 3.05. The number of pyridine rings is 1. The van der Waals surface area contributed by atoms with Crippen molar-refractivity contribution < 1.29 is 18.3 Å². The zero-order chi connectivity index (χ0) is 25.8. The van der Waals surface area contributed by atoms with E-state index in [9.17, 15) is 4.79 Å². The first-order valence-corrected chi connectivity index (χ1v) is 12.5. The first-order valence-electron chi connectivity index (χ1n) is 12.5. The van der Waals surface area contributed by atoms with Crippen LogP contribution in [-0.2, 0) is 7.05 Å². The van der Waals surface area contributed by atoms with E-state index in [2.05, 4.69) is 20.7 Å². The van der Waals surface area contributed by atoms with Gasteiger partial charge in [0.25, 0.3) is 5.91 Å². The number of carbonyl (C=O) groups is 1. The summed E-state index contributed by atoms with van der Waals surface area (Å²) in [5, 5.41) is 11.4. The van der Waals surface area contributed by atoms with Crippen LogP contribution < -0.4 is 20.3 Å². The molecule has 0 atom stereocenters. The van der Waals surface area contributed by atoms with Crippen molar-refractivity contribution in [3.8, 4) is 5.75 Å². The van der Waals surface area contributed by atoms with E-state index in [0.717, 1.165) is 25.9 Å². The van der Waals surface area contributed by atoms with E-state index in [-0.39, 0.29) is 22.6 Å². The molecule has 6 rings (SSSR count). The van der Waals surface area contributed by atoms with E-state index in [4.69, 9.17) is 4.74 Å². The molecule has 0 bridgehead atoms. The molecule has 1 aliphatic heterocycles. The largest absolute Gasteiger partial charge is 0.491 e. The minimum Gasteiger partial charge on any atom is -0.491 e. The van der Waals surface area contributed by atoms with Gasteiger partial charge in [-0.15, -0.1) is 0 Å². The monoisotopic (exact) mass is 509 g/mol. The number of halogens is 2. The van der Waals surface area contributed by atoms with Crippen molar-refractivity contribution in [3.05, 3.63) is 47.5 Å². The molecule has 1 saturated heterocycles. The van der Waals surface area contributed by atoms with Crippen LogP contribution in [0.15, 0.2) is 24.7 Å². The standard InChI is InChI=1S/C26H29F2N7O2/c1-14-11-35-13-20(24(37-3)21(28)25(35)29-14)31-26(36)17-10-19(27)23(18-12-33(2)32-22(17)18)34-8-6-16(7-9-34)30-15-4-5-15/h10-13,15-16,30H,4-9H2,1-3H3,(H,31,36). The summed E-state index contributed by atoms with van der Waals surface area (Å²) in [5.74, 6) is -1.95. The van der Waals surface area contributed by atoms with Crippen molar-refractivity contribution >= 4 is 33.8 Å². The van der Waals surface area contributed by atoms with E-state index in [1.54, 1.807) is 31.0 Å². The summed E-state index contributed by atoms with van der Waals surface area (Å²) < 4.78 is 39.0. The van der Waals surface area contributed by atoms with Crippen LogP contribution in [0, 0.1) is 18.6 Å². The lowest BCUT2D eigenvalue weighted by Gasteiger charge is -2.34. The van der Waals surface area contributed by atoms with Crippen LogP contribution in [0.2, 0.25) is 0 Å². The number of nitrogens with zero attached hydrogens (tertiary/aromatic N) is 5. The fraction of sp³-hybridized carbons (Fsp3) is 0.423. The number of nitrogens with one attached hydrogen (secondary N) is 2. The molecule has 37 heavy (non-hydrogen) atoms. The van der Waals surface area contributed by atoms with E-state index >= 15 is 8.78 Å². The lowest BCUT2D eigenvalue weighted by molar-refractivity contribution is 0.102. The van der Waals surface area contributed by atoms with Crippen molar-refractivity contribution in [1.82, 2.24) is 24.5 Å². The quantitative estimate of drug-likeness (QED) is 0.411. The number of anilines is 2. The molecule has 194 valence electrons. The number of ether oxygens (including phenoxy) is 1. The number of hydrogen-bond acceptors (Lipinski definition) is 6. The molecule has 11 heteroatoms. The number of aryl methyl sites for hydroxylation is 2. The molecule has 2 N–H and O–H groups in total. The van der Waals surface area contributed by atoms with E-state index in [1.807, 2.05) is 4.90 Å². The second-order valence-electron chi connectivity index (χ2n) is 9.98.